The molecule has 1 heterocycles. The molecule has 0 bridgehead atoms. The third-order valence-corrected chi connectivity index (χ3v) is 5.24. The average Bonchev–Trinajstić information content (AvgIpc) is 3.14. The van der Waals surface area contributed by atoms with Crippen LogP contribution in [0.2, 0.25) is 10.0 Å². The first-order valence-corrected chi connectivity index (χ1v) is 10.1. The molecule has 0 saturated carbocycles. The molecule has 0 fully saturated rings. The molecule has 2 aromatic carbocycles. The molecular formula is C21H17Cl2F2N3O5. The quantitative estimate of drug-likeness (QED) is 0.472. The number of hydrogen-bond donors (Lipinski definition) is 1. The van der Waals surface area contributed by atoms with Gasteiger partial charge >= 0.3 is 5.76 Å². The Bertz CT molecular complexity index is 1270. The lowest BCUT2D eigenvalue weighted by molar-refractivity contribution is -0.122. The fourth-order valence-corrected chi connectivity index (χ4v) is 3.31. The second kappa shape index (κ2) is 10.5. The summed E-state index contributed by atoms with van der Waals surface area (Å²) in [6, 6.07) is 5.09. The van der Waals surface area contributed by atoms with Crippen molar-refractivity contribution in [2.24, 2.45) is 0 Å². The van der Waals surface area contributed by atoms with Crippen molar-refractivity contribution in [3.63, 3.8) is 0 Å². The molecule has 0 atom stereocenters. The number of benzene rings is 2. The molecule has 0 radical (unpaired) electrons. The summed E-state index contributed by atoms with van der Waals surface area (Å²) in [4.78, 5) is 24.1. The van der Waals surface area contributed by atoms with Gasteiger partial charge in [0, 0.05) is 18.2 Å². The van der Waals surface area contributed by atoms with Gasteiger partial charge in [-0.3, -0.25) is 4.79 Å². The van der Waals surface area contributed by atoms with Gasteiger partial charge in [-0.15, -0.1) is 5.10 Å². The molecule has 0 saturated heterocycles. The fourth-order valence-electron chi connectivity index (χ4n) is 2.79. The number of nitrogens with one attached hydrogen (secondary N) is 1. The molecule has 0 aliphatic carbocycles. The molecule has 0 aliphatic rings. The van der Waals surface area contributed by atoms with E-state index in [1.54, 1.807) is 12.1 Å². The number of aromatic nitrogens is 2. The number of nitrogens with zero attached hydrogens (tertiary/aromatic N) is 2. The Morgan fingerprint density at radius 2 is 1.85 bits per heavy atom. The van der Waals surface area contributed by atoms with Gasteiger partial charge in [0.25, 0.3) is 0 Å². The number of halogens is 4. The summed E-state index contributed by atoms with van der Waals surface area (Å²) < 4.78 is 43.4. The zero-order valence-corrected chi connectivity index (χ0v) is 18.8. The average molecular weight is 500 g/mol. The summed E-state index contributed by atoms with van der Waals surface area (Å²) in [5, 5.41) is 6.10. The molecule has 1 amide bonds. The van der Waals surface area contributed by atoms with E-state index in [0.717, 1.165) is 16.8 Å². The topological polar surface area (TPSA) is 95.6 Å². The Labute approximate surface area is 196 Å². The number of carbonyl (C=O) groups is 1. The number of rotatable bonds is 8. The summed E-state index contributed by atoms with van der Waals surface area (Å²) in [6.45, 7) is -0.889. The van der Waals surface area contributed by atoms with Gasteiger partial charge in [-0.1, -0.05) is 23.2 Å². The lowest BCUT2D eigenvalue weighted by Crippen LogP contribution is -2.31. The molecule has 174 valence electrons. The standard InChI is InChI=1S/C21H17Cl2F2N3O5/c1-31-15-7-3-11(18(22)20(15)32-2)4-8-17-27-28(21(30)33-17)10-16(29)26-9-12-13(24)5-6-14(25)19(12)23/h3-8H,9-10H2,1-2H3,(H,26,29). The van der Waals surface area contributed by atoms with Crippen molar-refractivity contribution in [3.8, 4) is 11.5 Å². The van der Waals surface area contributed by atoms with Gasteiger partial charge in [-0.25, -0.2) is 13.6 Å². The third kappa shape index (κ3) is 5.52. The second-order valence-electron chi connectivity index (χ2n) is 6.50. The van der Waals surface area contributed by atoms with Crippen LogP contribution in [0.4, 0.5) is 8.78 Å². The van der Waals surface area contributed by atoms with Crippen molar-refractivity contribution in [3.05, 3.63) is 73.5 Å². The van der Waals surface area contributed by atoms with Crippen molar-refractivity contribution in [2.45, 2.75) is 13.1 Å². The van der Waals surface area contributed by atoms with Crippen molar-refractivity contribution in [2.75, 3.05) is 14.2 Å². The van der Waals surface area contributed by atoms with E-state index in [2.05, 4.69) is 10.4 Å². The Morgan fingerprint density at radius 3 is 2.55 bits per heavy atom. The van der Waals surface area contributed by atoms with Crippen molar-refractivity contribution >= 4 is 41.3 Å². The highest BCUT2D eigenvalue weighted by atomic mass is 35.5. The highest BCUT2D eigenvalue weighted by Gasteiger charge is 2.15. The molecule has 3 aromatic rings. The maximum absolute atomic E-state index is 13.8. The maximum atomic E-state index is 13.8. The van der Waals surface area contributed by atoms with Crippen LogP contribution in [0.3, 0.4) is 0 Å². The first-order chi connectivity index (χ1) is 15.7. The van der Waals surface area contributed by atoms with Gasteiger partial charge in [0.15, 0.2) is 11.5 Å². The van der Waals surface area contributed by atoms with Crippen molar-refractivity contribution in [1.82, 2.24) is 15.1 Å². The molecule has 3 rings (SSSR count). The van der Waals surface area contributed by atoms with Crippen LogP contribution in [-0.2, 0) is 17.9 Å². The van der Waals surface area contributed by atoms with E-state index >= 15 is 0 Å². The lowest BCUT2D eigenvalue weighted by Gasteiger charge is -2.10. The first-order valence-electron chi connectivity index (χ1n) is 9.30. The molecular weight excluding hydrogens is 483 g/mol. The summed E-state index contributed by atoms with van der Waals surface area (Å²) in [6.07, 6.45) is 2.92. The lowest BCUT2D eigenvalue weighted by atomic mass is 10.2. The van der Waals surface area contributed by atoms with E-state index in [-0.39, 0.29) is 23.0 Å². The Morgan fingerprint density at radius 1 is 1.12 bits per heavy atom. The highest BCUT2D eigenvalue weighted by Crippen LogP contribution is 2.37. The molecule has 8 nitrogen and oxygen atoms in total. The van der Waals surface area contributed by atoms with Crippen LogP contribution < -0.4 is 20.5 Å². The molecule has 33 heavy (non-hydrogen) atoms. The number of methoxy groups -OCH3 is 2. The Balaban J connectivity index is 1.69. The van der Waals surface area contributed by atoms with E-state index in [9.17, 15) is 18.4 Å². The summed E-state index contributed by atoms with van der Waals surface area (Å²) in [7, 11) is 2.92. The normalized spacial score (nSPS) is 11.1. The van der Waals surface area contributed by atoms with Crippen LogP contribution in [-0.4, -0.2) is 29.9 Å². The van der Waals surface area contributed by atoms with Gasteiger partial charge in [-0.05, 0) is 35.9 Å². The Kier molecular flexibility index (Phi) is 7.72. The van der Waals surface area contributed by atoms with Crippen molar-refractivity contribution < 1.29 is 27.5 Å². The third-order valence-electron chi connectivity index (χ3n) is 4.44. The van der Waals surface area contributed by atoms with E-state index in [1.165, 1.54) is 26.4 Å². The smallest absolute Gasteiger partial charge is 0.437 e. The largest absolute Gasteiger partial charge is 0.493 e. The predicted molar refractivity (Wildman–Crippen MR) is 117 cm³/mol. The molecule has 0 spiro atoms. The van der Waals surface area contributed by atoms with Crippen LogP contribution in [0.1, 0.15) is 17.0 Å². The summed E-state index contributed by atoms with van der Waals surface area (Å²) in [5.74, 6) is -2.48. The maximum Gasteiger partial charge on any atom is 0.437 e. The molecule has 0 aliphatic heterocycles. The van der Waals surface area contributed by atoms with Gasteiger partial charge in [0.1, 0.15) is 18.2 Å². The summed E-state index contributed by atoms with van der Waals surface area (Å²) >= 11 is 12.0. The predicted octanol–water partition coefficient (Wildman–Crippen LogP) is 3.93. The Hall–Kier alpha value is -3.37. The van der Waals surface area contributed by atoms with Crippen molar-refractivity contribution in [1.29, 1.82) is 0 Å². The molecule has 1 N–H and O–H groups in total. The fraction of sp³-hybridized carbons (Fsp3) is 0.190. The SMILES string of the molecule is COc1ccc(C=Cc2nn(CC(=O)NCc3c(F)ccc(F)c3Cl)c(=O)o2)c(Cl)c1OC. The van der Waals surface area contributed by atoms with Gasteiger partial charge in [0.2, 0.25) is 11.8 Å². The number of carbonyl (C=O) groups excluding carboxylic acids is 1. The zero-order chi connectivity index (χ0) is 24.1. The van der Waals surface area contributed by atoms with Crippen LogP contribution in [0.25, 0.3) is 12.2 Å². The number of hydrogen-bond acceptors (Lipinski definition) is 6. The van der Waals surface area contributed by atoms with Crippen LogP contribution in [0.5, 0.6) is 11.5 Å². The zero-order valence-electron chi connectivity index (χ0n) is 17.3. The van der Waals surface area contributed by atoms with E-state index < -0.39 is 34.9 Å². The van der Waals surface area contributed by atoms with Gasteiger partial charge < -0.3 is 19.2 Å². The molecule has 1 aromatic heterocycles. The minimum atomic E-state index is -0.891. The van der Waals surface area contributed by atoms with Gasteiger partial charge in [-0.2, -0.15) is 4.68 Å². The number of ether oxygens (including phenoxy) is 2. The van der Waals surface area contributed by atoms with Crippen LogP contribution in [0, 0.1) is 11.6 Å². The summed E-state index contributed by atoms with van der Waals surface area (Å²) in [5.41, 5.74) is 0.325. The molecule has 12 heteroatoms. The van der Waals surface area contributed by atoms with E-state index in [4.69, 9.17) is 37.1 Å². The minimum Gasteiger partial charge on any atom is -0.493 e. The van der Waals surface area contributed by atoms with E-state index in [1.807, 2.05) is 0 Å². The van der Waals surface area contributed by atoms with Gasteiger partial charge in [0.05, 0.1) is 24.3 Å². The second-order valence-corrected chi connectivity index (χ2v) is 7.26. The highest BCUT2D eigenvalue weighted by molar-refractivity contribution is 6.34. The van der Waals surface area contributed by atoms with Crippen LogP contribution >= 0.6 is 23.2 Å². The van der Waals surface area contributed by atoms with Crippen LogP contribution in [0.15, 0.2) is 33.5 Å². The molecule has 0 unspecified atom stereocenters. The number of amides is 1. The monoisotopic (exact) mass is 499 g/mol. The van der Waals surface area contributed by atoms with E-state index in [0.29, 0.717) is 17.1 Å². The first kappa shape index (κ1) is 24.3. The minimum absolute atomic E-state index is 0.0853.